The second kappa shape index (κ2) is 8.05. The fraction of sp³-hybridized carbons (Fsp3) is 0.111. The Morgan fingerprint density at radius 2 is 1.96 bits per heavy atom. The molecule has 2 aromatic carbocycles. The highest BCUT2D eigenvalue weighted by molar-refractivity contribution is 14.1. The van der Waals surface area contributed by atoms with Gasteiger partial charge in [0.15, 0.2) is 5.70 Å². The molecule has 0 saturated carbocycles. The number of halogens is 3. The van der Waals surface area contributed by atoms with E-state index < -0.39 is 5.97 Å². The predicted octanol–water partition coefficient (Wildman–Crippen LogP) is 5.29. The molecule has 7 heteroatoms. The molecule has 0 radical (unpaired) electrons. The van der Waals surface area contributed by atoms with Crippen LogP contribution in [0.2, 0.25) is 5.02 Å². The summed E-state index contributed by atoms with van der Waals surface area (Å²) in [7, 11) is 0. The number of carbonyl (C=O) groups excluding carboxylic acids is 1. The minimum atomic E-state index is -0.478. The zero-order chi connectivity index (χ0) is 18.0. The number of carbonyl (C=O) groups is 1. The molecular formula is C18H12ClI2NO3. The number of cyclic esters (lactones) is 1. The maximum atomic E-state index is 12.1. The van der Waals surface area contributed by atoms with Crippen LogP contribution in [-0.4, -0.2) is 18.5 Å². The van der Waals surface area contributed by atoms with E-state index in [2.05, 4.69) is 50.2 Å². The van der Waals surface area contributed by atoms with Crippen LogP contribution in [-0.2, 0) is 9.53 Å². The average Bonchev–Trinajstić information content (AvgIpc) is 2.92. The fourth-order valence-corrected chi connectivity index (χ4v) is 4.58. The molecule has 0 unspecified atom stereocenters. The van der Waals surface area contributed by atoms with Crippen LogP contribution in [0.1, 0.15) is 18.1 Å². The molecule has 1 aliphatic heterocycles. The van der Waals surface area contributed by atoms with Crippen molar-refractivity contribution in [3.8, 4) is 5.75 Å². The molecule has 3 rings (SSSR count). The van der Waals surface area contributed by atoms with E-state index in [1.54, 1.807) is 30.3 Å². The molecule has 0 spiro atoms. The van der Waals surface area contributed by atoms with Gasteiger partial charge in [-0.05, 0) is 94.1 Å². The SMILES string of the molecule is CCOc1c(I)cc(C=C2N=C(c3cccc(Cl)c3)OC2=O)cc1I. The van der Waals surface area contributed by atoms with Crippen LogP contribution in [0.5, 0.6) is 5.75 Å². The molecule has 0 aliphatic carbocycles. The van der Waals surface area contributed by atoms with Crippen molar-refractivity contribution in [3.05, 3.63) is 65.4 Å². The van der Waals surface area contributed by atoms with Crippen molar-refractivity contribution in [3.63, 3.8) is 0 Å². The first-order chi connectivity index (χ1) is 12.0. The number of ether oxygens (including phenoxy) is 2. The van der Waals surface area contributed by atoms with E-state index in [-0.39, 0.29) is 11.6 Å². The molecule has 0 fully saturated rings. The van der Waals surface area contributed by atoms with Gasteiger partial charge in [0, 0.05) is 10.6 Å². The third-order valence-corrected chi connectivity index (χ3v) is 5.14. The lowest BCUT2D eigenvalue weighted by atomic mass is 10.2. The van der Waals surface area contributed by atoms with Crippen molar-refractivity contribution < 1.29 is 14.3 Å². The van der Waals surface area contributed by atoms with Crippen LogP contribution in [0.15, 0.2) is 47.1 Å². The Morgan fingerprint density at radius 1 is 1.24 bits per heavy atom. The van der Waals surface area contributed by atoms with E-state index in [1.807, 2.05) is 19.1 Å². The number of hydrogen-bond acceptors (Lipinski definition) is 4. The number of esters is 1. The summed E-state index contributed by atoms with van der Waals surface area (Å²) in [5.41, 5.74) is 1.78. The molecule has 0 aromatic heterocycles. The molecule has 25 heavy (non-hydrogen) atoms. The van der Waals surface area contributed by atoms with Crippen molar-refractivity contribution in [2.45, 2.75) is 6.92 Å². The van der Waals surface area contributed by atoms with E-state index in [0.29, 0.717) is 17.2 Å². The summed E-state index contributed by atoms with van der Waals surface area (Å²) in [6.07, 6.45) is 1.71. The first-order valence-electron chi connectivity index (χ1n) is 7.38. The summed E-state index contributed by atoms with van der Waals surface area (Å²) in [5.74, 6) is 0.630. The van der Waals surface area contributed by atoms with Crippen LogP contribution in [0, 0.1) is 7.14 Å². The van der Waals surface area contributed by atoms with Crippen LogP contribution < -0.4 is 4.74 Å². The van der Waals surface area contributed by atoms with Gasteiger partial charge in [0.25, 0.3) is 0 Å². The van der Waals surface area contributed by atoms with Gasteiger partial charge in [-0.25, -0.2) is 9.79 Å². The van der Waals surface area contributed by atoms with Crippen molar-refractivity contribution in [2.75, 3.05) is 6.61 Å². The molecule has 0 N–H and O–H groups in total. The van der Waals surface area contributed by atoms with Gasteiger partial charge < -0.3 is 9.47 Å². The molecule has 0 amide bonds. The molecule has 0 saturated heterocycles. The first-order valence-corrected chi connectivity index (χ1v) is 9.92. The fourth-order valence-electron chi connectivity index (χ4n) is 2.26. The van der Waals surface area contributed by atoms with Crippen LogP contribution in [0.3, 0.4) is 0 Å². The normalized spacial score (nSPS) is 15.3. The lowest BCUT2D eigenvalue weighted by molar-refractivity contribution is -0.129. The largest absolute Gasteiger partial charge is 0.492 e. The predicted molar refractivity (Wildman–Crippen MR) is 115 cm³/mol. The second-order valence-electron chi connectivity index (χ2n) is 5.09. The zero-order valence-electron chi connectivity index (χ0n) is 13.1. The van der Waals surface area contributed by atoms with Gasteiger partial charge in [-0.2, -0.15) is 0 Å². The smallest absolute Gasteiger partial charge is 0.363 e. The van der Waals surface area contributed by atoms with Gasteiger partial charge >= 0.3 is 5.97 Å². The maximum Gasteiger partial charge on any atom is 0.363 e. The summed E-state index contributed by atoms with van der Waals surface area (Å²) >= 11 is 10.4. The van der Waals surface area contributed by atoms with E-state index in [1.165, 1.54) is 0 Å². The molecule has 0 atom stereocenters. The monoisotopic (exact) mass is 579 g/mol. The Balaban J connectivity index is 1.94. The highest BCUT2D eigenvalue weighted by Crippen LogP contribution is 2.30. The van der Waals surface area contributed by atoms with Crippen molar-refractivity contribution in [1.29, 1.82) is 0 Å². The van der Waals surface area contributed by atoms with E-state index in [4.69, 9.17) is 21.1 Å². The number of benzene rings is 2. The third kappa shape index (κ3) is 4.35. The van der Waals surface area contributed by atoms with Gasteiger partial charge in [0.1, 0.15) is 5.75 Å². The highest BCUT2D eigenvalue weighted by Gasteiger charge is 2.24. The Bertz CT molecular complexity index is 886. The molecule has 0 bridgehead atoms. The molecular weight excluding hydrogens is 567 g/mol. The van der Waals surface area contributed by atoms with E-state index >= 15 is 0 Å². The number of nitrogens with zero attached hydrogens (tertiary/aromatic N) is 1. The quantitative estimate of drug-likeness (QED) is 0.281. The van der Waals surface area contributed by atoms with Crippen molar-refractivity contribution in [1.82, 2.24) is 0 Å². The number of rotatable bonds is 4. The van der Waals surface area contributed by atoms with Crippen molar-refractivity contribution >= 4 is 74.7 Å². The Hall–Kier alpha value is -1.13. The van der Waals surface area contributed by atoms with Crippen molar-refractivity contribution in [2.24, 2.45) is 4.99 Å². The summed E-state index contributed by atoms with van der Waals surface area (Å²) in [5, 5.41) is 0.560. The van der Waals surface area contributed by atoms with Crippen LogP contribution >= 0.6 is 56.8 Å². The first kappa shape index (κ1) is 18.7. The minimum Gasteiger partial charge on any atom is -0.492 e. The molecule has 1 aliphatic rings. The Kier molecular flexibility index (Phi) is 6.00. The molecule has 2 aromatic rings. The summed E-state index contributed by atoms with van der Waals surface area (Å²) in [6, 6.07) is 10.9. The minimum absolute atomic E-state index is 0.255. The van der Waals surface area contributed by atoms with Crippen LogP contribution in [0.4, 0.5) is 0 Å². The Labute approximate surface area is 177 Å². The lowest BCUT2D eigenvalue weighted by Gasteiger charge is -2.09. The average molecular weight is 580 g/mol. The van der Waals surface area contributed by atoms with Gasteiger partial charge in [0.2, 0.25) is 5.90 Å². The van der Waals surface area contributed by atoms with Crippen LogP contribution in [0.25, 0.3) is 6.08 Å². The maximum absolute atomic E-state index is 12.1. The Morgan fingerprint density at radius 3 is 2.60 bits per heavy atom. The number of aliphatic imine (C=N–C) groups is 1. The number of hydrogen-bond donors (Lipinski definition) is 0. The molecule has 1 heterocycles. The molecule has 128 valence electrons. The third-order valence-electron chi connectivity index (χ3n) is 3.30. The van der Waals surface area contributed by atoms with E-state index in [0.717, 1.165) is 18.5 Å². The zero-order valence-corrected chi connectivity index (χ0v) is 18.1. The van der Waals surface area contributed by atoms with Gasteiger partial charge in [-0.1, -0.05) is 17.7 Å². The summed E-state index contributed by atoms with van der Waals surface area (Å²) < 4.78 is 12.8. The summed E-state index contributed by atoms with van der Waals surface area (Å²) in [6.45, 7) is 2.55. The lowest BCUT2D eigenvalue weighted by Crippen LogP contribution is -2.05. The van der Waals surface area contributed by atoms with Gasteiger partial charge in [-0.3, -0.25) is 0 Å². The highest BCUT2D eigenvalue weighted by atomic mass is 127. The van der Waals surface area contributed by atoms with E-state index in [9.17, 15) is 4.79 Å². The van der Waals surface area contributed by atoms with Gasteiger partial charge in [-0.15, -0.1) is 0 Å². The topological polar surface area (TPSA) is 47.9 Å². The standard InChI is InChI=1S/C18H12ClI2NO3/c1-2-24-16-13(20)6-10(7-14(16)21)8-15-18(23)25-17(22-15)11-4-3-5-12(19)9-11/h3-9H,2H2,1H3. The van der Waals surface area contributed by atoms with Gasteiger partial charge in [0.05, 0.1) is 13.7 Å². The molecule has 4 nitrogen and oxygen atoms in total. The summed E-state index contributed by atoms with van der Waals surface area (Å²) in [4.78, 5) is 16.4. The second-order valence-corrected chi connectivity index (χ2v) is 7.85.